The van der Waals surface area contributed by atoms with Crippen molar-refractivity contribution in [1.82, 2.24) is 10.2 Å². The third-order valence-electron chi connectivity index (χ3n) is 3.99. The summed E-state index contributed by atoms with van der Waals surface area (Å²) in [5, 5.41) is 3.47. The number of nitrogens with zero attached hydrogens (tertiary/aromatic N) is 1. The van der Waals surface area contributed by atoms with E-state index in [-0.39, 0.29) is 5.54 Å². The molecule has 2 rings (SSSR count). The maximum absolute atomic E-state index is 12.7. The zero-order valence-corrected chi connectivity index (χ0v) is 11.9. The monoisotopic (exact) mass is 286 g/mol. The molecule has 1 unspecified atom stereocenters. The topological polar surface area (TPSA) is 15.3 Å². The number of rotatable bonds is 3. The Bertz CT molecular complexity index is 459. The van der Waals surface area contributed by atoms with E-state index in [4.69, 9.17) is 0 Å². The largest absolute Gasteiger partial charge is 0.416 e. The van der Waals surface area contributed by atoms with Crippen molar-refractivity contribution in [3.05, 3.63) is 35.4 Å². The van der Waals surface area contributed by atoms with Crippen LogP contribution in [0.3, 0.4) is 0 Å². The highest BCUT2D eigenvalue weighted by molar-refractivity contribution is 5.25. The van der Waals surface area contributed by atoms with Crippen molar-refractivity contribution >= 4 is 0 Å². The number of nitrogens with one attached hydrogen (secondary N) is 1. The van der Waals surface area contributed by atoms with Gasteiger partial charge in [0.05, 0.1) is 5.56 Å². The lowest BCUT2D eigenvalue weighted by molar-refractivity contribution is -0.137. The molecule has 1 saturated heterocycles. The van der Waals surface area contributed by atoms with Crippen molar-refractivity contribution in [2.24, 2.45) is 0 Å². The first-order valence-electron chi connectivity index (χ1n) is 6.96. The van der Waals surface area contributed by atoms with E-state index in [2.05, 4.69) is 24.1 Å². The fourth-order valence-corrected chi connectivity index (χ4v) is 2.62. The molecule has 0 aliphatic carbocycles. The van der Waals surface area contributed by atoms with Crippen molar-refractivity contribution in [1.29, 1.82) is 0 Å². The molecule has 0 bridgehead atoms. The molecule has 1 aromatic rings. The lowest BCUT2D eigenvalue weighted by Gasteiger charge is -2.41. The van der Waals surface area contributed by atoms with Crippen LogP contribution in [-0.4, -0.2) is 30.1 Å². The standard InChI is InChI=1S/C15H21F3N2/c1-3-14(2)11-20(8-7-19-14)10-12-5-4-6-13(9-12)15(16,17)18/h4-6,9,19H,3,7-8,10-11H2,1-2H3. The van der Waals surface area contributed by atoms with Gasteiger partial charge >= 0.3 is 6.18 Å². The number of halogens is 3. The molecule has 1 aliphatic heterocycles. The van der Waals surface area contributed by atoms with Crippen LogP contribution < -0.4 is 5.32 Å². The van der Waals surface area contributed by atoms with Gasteiger partial charge in [0.15, 0.2) is 0 Å². The summed E-state index contributed by atoms with van der Waals surface area (Å²) in [6.07, 6.45) is -3.26. The van der Waals surface area contributed by atoms with Gasteiger partial charge in [-0.05, 0) is 25.0 Å². The Kier molecular flexibility index (Phi) is 4.39. The maximum Gasteiger partial charge on any atom is 0.416 e. The molecule has 5 heteroatoms. The second kappa shape index (κ2) is 5.74. The van der Waals surface area contributed by atoms with Gasteiger partial charge in [0.25, 0.3) is 0 Å². The fourth-order valence-electron chi connectivity index (χ4n) is 2.62. The van der Waals surface area contributed by atoms with Crippen LogP contribution in [0.25, 0.3) is 0 Å². The summed E-state index contributed by atoms with van der Waals surface area (Å²) in [5.74, 6) is 0. The van der Waals surface area contributed by atoms with Crippen LogP contribution >= 0.6 is 0 Å². The van der Waals surface area contributed by atoms with E-state index in [1.165, 1.54) is 12.1 Å². The van der Waals surface area contributed by atoms with E-state index >= 15 is 0 Å². The third-order valence-corrected chi connectivity index (χ3v) is 3.99. The van der Waals surface area contributed by atoms with Gasteiger partial charge in [-0.15, -0.1) is 0 Å². The van der Waals surface area contributed by atoms with Gasteiger partial charge in [-0.3, -0.25) is 4.90 Å². The predicted octanol–water partition coefficient (Wildman–Crippen LogP) is 3.28. The minimum absolute atomic E-state index is 0.0554. The van der Waals surface area contributed by atoms with Crippen LogP contribution in [0.5, 0.6) is 0 Å². The molecule has 0 aromatic heterocycles. The van der Waals surface area contributed by atoms with E-state index < -0.39 is 11.7 Å². The molecular formula is C15H21F3N2. The van der Waals surface area contributed by atoms with Crippen LogP contribution in [0, 0.1) is 0 Å². The number of benzene rings is 1. The van der Waals surface area contributed by atoms with Crippen molar-refractivity contribution < 1.29 is 13.2 Å². The molecular weight excluding hydrogens is 265 g/mol. The molecule has 0 amide bonds. The van der Waals surface area contributed by atoms with Gasteiger partial charge in [0.2, 0.25) is 0 Å². The zero-order chi connectivity index (χ0) is 14.8. The van der Waals surface area contributed by atoms with Crippen LogP contribution in [-0.2, 0) is 12.7 Å². The van der Waals surface area contributed by atoms with Gasteiger partial charge in [-0.2, -0.15) is 13.2 Å². The Morgan fingerprint density at radius 3 is 2.75 bits per heavy atom. The molecule has 1 aromatic carbocycles. The minimum atomic E-state index is -4.27. The summed E-state index contributed by atoms with van der Waals surface area (Å²) in [7, 11) is 0. The zero-order valence-electron chi connectivity index (χ0n) is 11.9. The van der Waals surface area contributed by atoms with E-state index in [1.54, 1.807) is 6.07 Å². The number of hydrogen-bond acceptors (Lipinski definition) is 2. The smallest absolute Gasteiger partial charge is 0.309 e. The number of piperazine rings is 1. The van der Waals surface area contributed by atoms with E-state index in [9.17, 15) is 13.2 Å². The Labute approximate surface area is 118 Å². The van der Waals surface area contributed by atoms with Gasteiger partial charge < -0.3 is 5.32 Å². The average Bonchev–Trinajstić information content (AvgIpc) is 2.38. The molecule has 0 saturated carbocycles. The van der Waals surface area contributed by atoms with Crippen molar-refractivity contribution in [3.63, 3.8) is 0 Å². The first kappa shape index (κ1) is 15.3. The van der Waals surface area contributed by atoms with Crippen molar-refractivity contribution in [3.8, 4) is 0 Å². The Morgan fingerprint density at radius 2 is 2.10 bits per heavy atom. The normalized spacial score (nSPS) is 24.9. The van der Waals surface area contributed by atoms with Gasteiger partial charge in [-0.1, -0.05) is 25.1 Å². The van der Waals surface area contributed by atoms with Crippen molar-refractivity contribution in [2.45, 2.75) is 38.5 Å². The average molecular weight is 286 g/mol. The first-order chi connectivity index (χ1) is 9.32. The highest BCUT2D eigenvalue weighted by Gasteiger charge is 2.31. The predicted molar refractivity (Wildman–Crippen MR) is 73.4 cm³/mol. The minimum Gasteiger partial charge on any atom is -0.309 e. The summed E-state index contributed by atoms with van der Waals surface area (Å²) in [5.41, 5.74) is 0.212. The van der Waals surface area contributed by atoms with Crippen LogP contribution in [0.4, 0.5) is 13.2 Å². The van der Waals surface area contributed by atoms with Crippen molar-refractivity contribution in [2.75, 3.05) is 19.6 Å². The van der Waals surface area contributed by atoms with Crippen LogP contribution in [0.1, 0.15) is 31.4 Å². The van der Waals surface area contributed by atoms with E-state index in [0.717, 1.165) is 37.7 Å². The SMILES string of the molecule is CCC1(C)CN(Cc2cccc(C(F)(F)F)c2)CCN1. The maximum atomic E-state index is 12.7. The van der Waals surface area contributed by atoms with E-state index in [1.807, 2.05) is 0 Å². The summed E-state index contributed by atoms with van der Waals surface area (Å²) in [6, 6.07) is 5.63. The van der Waals surface area contributed by atoms with E-state index in [0.29, 0.717) is 6.54 Å². The molecule has 0 radical (unpaired) electrons. The molecule has 2 nitrogen and oxygen atoms in total. The molecule has 0 spiro atoms. The summed E-state index contributed by atoms with van der Waals surface area (Å²) < 4.78 is 38.1. The Morgan fingerprint density at radius 1 is 1.35 bits per heavy atom. The lowest BCUT2D eigenvalue weighted by Crippen LogP contribution is -2.58. The molecule has 1 fully saturated rings. The highest BCUT2D eigenvalue weighted by Crippen LogP contribution is 2.30. The molecule has 112 valence electrons. The number of hydrogen-bond donors (Lipinski definition) is 1. The Hall–Kier alpha value is -1.07. The summed E-state index contributed by atoms with van der Waals surface area (Å²) in [6.45, 7) is 7.46. The quantitative estimate of drug-likeness (QED) is 0.917. The van der Waals surface area contributed by atoms with Gasteiger partial charge in [-0.25, -0.2) is 0 Å². The molecule has 20 heavy (non-hydrogen) atoms. The highest BCUT2D eigenvalue weighted by atomic mass is 19.4. The lowest BCUT2D eigenvalue weighted by atomic mass is 9.95. The fraction of sp³-hybridized carbons (Fsp3) is 0.600. The van der Waals surface area contributed by atoms with Crippen LogP contribution in [0.2, 0.25) is 0 Å². The first-order valence-corrected chi connectivity index (χ1v) is 6.96. The molecule has 1 heterocycles. The molecule has 1 N–H and O–H groups in total. The number of alkyl halides is 3. The van der Waals surface area contributed by atoms with Crippen LogP contribution in [0.15, 0.2) is 24.3 Å². The summed E-state index contributed by atoms with van der Waals surface area (Å²) >= 11 is 0. The summed E-state index contributed by atoms with van der Waals surface area (Å²) in [4.78, 5) is 2.22. The third kappa shape index (κ3) is 3.73. The second-order valence-corrected chi connectivity index (χ2v) is 5.75. The molecule has 1 atom stereocenters. The van der Waals surface area contributed by atoms with Gasteiger partial charge in [0, 0.05) is 31.7 Å². The second-order valence-electron chi connectivity index (χ2n) is 5.75. The van der Waals surface area contributed by atoms with Gasteiger partial charge in [0.1, 0.15) is 0 Å². The Balaban J connectivity index is 2.07. The molecule has 1 aliphatic rings.